The van der Waals surface area contributed by atoms with E-state index >= 15 is 0 Å². The van der Waals surface area contributed by atoms with Gasteiger partial charge in [0.15, 0.2) is 0 Å². The van der Waals surface area contributed by atoms with E-state index in [2.05, 4.69) is 15.9 Å². The second-order valence-corrected chi connectivity index (χ2v) is 3.88. The fraction of sp³-hybridized carbons (Fsp3) is 0.125. The van der Waals surface area contributed by atoms with Crippen molar-refractivity contribution in [2.75, 3.05) is 0 Å². The van der Waals surface area contributed by atoms with Gasteiger partial charge in [-0.2, -0.15) is 13.2 Å². The highest BCUT2D eigenvalue weighted by Gasteiger charge is 2.36. The van der Waals surface area contributed by atoms with Crippen molar-refractivity contribution in [3.63, 3.8) is 0 Å². The van der Waals surface area contributed by atoms with Crippen molar-refractivity contribution in [1.82, 2.24) is 0 Å². The molecule has 0 aliphatic carbocycles. The lowest BCUT2D eigenvalue weighted by Gasteiger charge is -2.11. The van der Waals surface area contributed by atoms with Crippen LogP contribution in [0.5, 0.6) is 0 Å². The van der Waals surface area contributed by atoms with E-state index in [-0.39, 0.29) is 10.0 Å². The minimum atomic E-state index is -4.62. The molecule has 0 fully saturated rings. The summed E-state index contributed by atoms with van der Waals surface area (Å²) in [4.78, 5) is 10.5. The lowest BCUT2D eigenvalue weighted by molar-refractivity contribution is -0.138. The minimum Gasteiger partial charge on any atom is -0.478 e. The third-order valence-corrected chi connectivity index (χ3v) is 2.50. The molecule has 1 rings (SSSR count). The van der Waals surface area contributed by atoms with Crippen LogP contribution in [0, 0.1) is 0 Å². The summed E-state index contributed by atoms with van der Waals surface area (Å²) in [5.74, 6) is -1.34. The Morgan fingerprint density at radius 2 is 1.93 bits per heavy atom. The standard InChI is InChI=1S/C8H3BrClF3O2/c9-4-1-3(7(14)15)2-5(10)6(4)8(11,12)13/h1-2H,(H,14,15). The van der Waals surface area contributed by atoms with Crippen LogP contribution in [0.2, 0.25) is 5.02 Å². The van der Waals surface area contributed by atoms with Gasteiger partial charge in [-0.05, 0) is 12.1 Å². The topological polar surface area (TPSA) is 37.3 Å². The molecule has 0 saturated carbocycles. The van der Waals surface area contributed by atoms with Crippen molar-refractivity contribution >= 4 is 33.5 Å². The zero-order valence-corrected chi connectivity index (χ0v) is 9.24. The van der Waals surface area contributed by atoms with Crippen LogP contribution in [0.4, 0.5) is 13.2 Å². The van der Waals surface area contributed by atoms with Crippen molar-refractivity contribution in [2.24, 2.45) is 0 Å². The van der Waals surface area contributed by atoms with Gasteiger partial charge in [0.2, 0.25) is 0 Å². The lowest BCUT2D eigenvalue weighted by atomic mass is 10.1. The number of carboxylic acid groups (broad SMARTS) is 1. The van der Waals surface area contributed by atoms with Gasteiger partial charge in [-0.25, -0.2) is 4.79 Å². The Labute approximate surface area is 95.8 Å². The highest BCUT2D eigenvalue weighted by molar-refractivity contribution is 9.10. The number of carboxylic acids is 1. The maximum atomic E-state index is 12.4. The third kappa shape index (κ3) is 2.63. The average molecular weight is 303 g/mol. The normalized spacial score (nSPS) is 11.5. The van der Waals surface area contributed by atoms with Gasteiger partial charge in [0.25, 0.3) is 0 Å². The molecule has 0 radical (unpaired) electrons. The number of alkyl halides is 3. The molecule has 0 bridgehead atoms. The number of benzene rings is 1. The van der Waals surface area contributed by atoms with Crippen molar-refractivity contribution in [2.45, 2.75) is 6.18 Å². The van der Waals surface area contributed by atoms with Crippen LogP contribution in [-0.2, 0) is 6.18 Å². The maximum Gasteiger partial charge on any atom is 0.418 e. The summed E-state index contributed by atoms with van der Waals surface area (Å²) in [6.07, 6.45) is -4.62. The molecule has 0 aliphatic heterocycles. The van der Waals surface area contributed by atoms with E-state index in [1.165, 1.54) is 0 Å². The molecule has 0 aliphatic rings. The predicted molar refractivity (Wildman–Crippen MR) is 51.1 cm³/mol. The van der Waals surface area contributed by atoms with Crippen LogP contribution in [0.3, 0.4) is 0 Å². The van der Waals surface area contributed by atoms with E-state index in [4.69, 9.17) is 16.7 Å². The molecule has 0 aromatic heterocycles. The fourth-order valence-electron chi connectivity index (χ4n) is 0.967. The summed E-state index contributed by atoms with van der Waals surface area (Å²) >= 11 is 7.98. The summed E-state index contributed by atoms with van der Waals surface area (Å²) in [7, 11) is 0. The maximum absolute atomic E-state index is 12.4. The zero-order chi connectivity index (χ0) is 11.8. The average Bonchev–Trinajstić information content (AvgIpc) is 1.99. The van der Waals surface area contributed by atoms with Gasteiger partial charge in [0, 0.05) is 4.47 Å². The zero-order valence-electron chi connectivity index (χ0n) is 6.90. The van der Waals surface area contributed by atoms with E-state index in [0.29, 0.717) is 0 Å². The van der Waals surface area contributed by atoms with Gasteiger partial charge in [0.05, 0.1) is 16.1 Å². The number of hydrogen-bond acceptors (Lipinski definition) is 1. The highest BCUT2D eigenvalue weighted by atomic mass is 79.9. The van der Waals surface area contributed by atoms with Crippen molar-refractivity contribution < 1.29 is 23.1 Å². The largest absolute Gasteiger partial charge is 0.478 e. The molecule has 0 spiro atoms. The second kappa shape index (κ2) is 4.02. The first-order valence-corrected chi connectivity index (χ1v) is 4.70. The second-order valence-electron chi connectivity index (χ2n) is 2.62. The Bertz CT molecular complexity index is 394. The van der Waals surface area contributed by atoms with E-state index in [1.807, 2.05) is 0 Å². The first-order chi connectivity index (χ1) is 6.73. The van der Waals surface area contributed by atoms with Crippen LogP contribution in [-0.4, -0.2) is 11.1 Å². The lowest BCUT2D eigenvalue weighted by Crippen LogP contribution is -2.08. The van der Waals surface area contributed by atoms with Crippen molar-refractivity contribution in [3.05, 3.63) is 32.8 Å². The molecule has 1 N–H and O–H groups in total. The minimum absolute atomic E-state index is 0.306. The predicted octanol–water partition coefficient (Wildman–Crippen LogP) is 3.82. The van der Waals surface area contributed by atoms with Gasteiger partial charge in [-0.1, -0.05) is 27.5 Å². The number of halogens is 5. The molecule has 82 valence electrons. The molecule has 0 heterocycles. The van der Waals surface area contributed by atoms with Gasteiger partial charge >= 0.3 is 12.1 Å². The molecule has 1 aromatic carbocycles. The third-order valence-electron chi connectivity index (χ3n) is 1.57. The number of carbonyl (C=O) groups is 1. The number of aromatic carboxylic acids is 1. The van der Waals surface area contributed by atoms with E-state index < -0.39 is 22.7 Å². The fourth-order valence-corrected chi connectivity index (χ4v) is 2.09. The van der Waals surface area contributed by atoms with Gasteiger partial charge in [-0.15, -0.1) is 0 Å². The van der Waals surface area contributed by atoms with Gasteiger partial charge < -0.3 is 5.11 Å². The van der Waals surface area contributed by atoms with E-state index in [9.17, 15) is 18.0 Å². The van der Waals surface area contributed by atoms with Crippen LogP contribution in [0.1, 0.15) is 15.9 Å². The SMILES string of the molecule is O=C(O)c1cc(Cl)c(C(F)(F)F)c(Br)c1. The Balaban J connectivity index is 3.41. The quantitative estimate of drug-likeness (QED) is 0.856. The first-order valence-electron chi connectivity index (χ1n) is 3.53. The number of rotatable bonds is 1. The van der Waals surface area contributed by atoms with E-state index in [1.54, 1.807) is 0 Å². The van der Waals surface area contributed by atoms with Crippen molar-refractivity contribution in [3.8, 4) is 0 Å². The number of hydrogen-bond donors (Lipinski definition) is 1. The van der Waals surface area contributed by atoms with Crippen LogP contribution in [0.15, 0.2) is 16.6 Å². The monoisotopic (exact) mass is 302 g/mol. The Morgan fingerprint density at radius 3 is 2.27 bits per heavy atom. The van der Waals surface area contributed by atoms with Crippen LogP contribution in [0.25, 0.3) is 0 Å². The summed E-state index contributed by atoms with van der Waals surface area (Å²) < 4.78 is 36.8. The van der Waals surface area contributed by atoms with Crippen LogP contribution < -0.4 is 0 Å². The summed E-state index contributed by atoms with van der Waals surface area (Å²) in [5.41, 5.74) is -1.38. The highest BCUT2D eigenvalue weighted by Crippen LogP contribution is 2.40. The van der Waals surface area contributed by atoms with E-state index in [0.717, 1.165) is 12.1 Å². The summed E-state index contributed by atoms with van der Waals surface area (Å²) in [6.45, 7) is 0. The molecule has 1 aromatic rings. The smallest absolute Gasteiger partial charge is 0.418 e. The summed E-state index contributed by atoms with van der Waals surface area (Å²) in [6, 6.07) is 1.62. The Hall–Kier alpha value is -0.750. The van der Waals surface area contributed by atoms with Crippen molar-refractivity contribution in [1.29, 1.82) is 0 Å². The Morgan fingerprint density at radius 1 is 1.40 bits per heavy atom. The van der Waals surface area contributed by atoms with Gasteiger partial charge in [-0.3, -0.25) is 0 Å². The molecule has 0 atom stereocenters. The molecule has 15 heavy (non-hydrogen) atoms. The Kier molecular flexibility index (Phi) is 3.30. The molecule has 7 heteroatoms. The first kappa shape index (κ1) is 12.3. The molecule has 0 unspecified atom stereocenters. The summed E-state index contributed by atoms with van der Waals surface area (Å²) in [5, 5.41) is 7.92. The molecule has 0 amide bonds. The molecule has 2 nitrogen and oxygen atoms in total. The van der Waals surface area contributed by atoms with Gasteiger partial charge in [0.1, 0.15) is 0 Å². The van der Waals surface area contributed by atoms with Crippen LogP contribution >= 0.6 is 27.5 Å². The molecule has 0 saturated heterocycles. The molecular formula is C8H3BrClF3O2. The molecular weight excluding hydrogens is 300 g/mol.